The molecule has 6 heteroatoms. The van der Waals surface area contributed by atoms with Crippen molar-refractivity contribution in [2.45, 2.75) is 6.54 Å². The fourth-order valence-electron chi connectivity index (χ4n) is 2.23. The molecule has 0 aliphatic carbocycles. The second-order valence-electron chi connectivity index (χ2n) is 4.79. The van der Waals surface area contributed by atoms with Crippen molar-refractivity contribution in [1.29, 1.82) is 0 Å². The number of hydrogen-bond donors (Lipinski definition) is 0. The molecule has 0 spiro atoms. The molecule has 0 atom stereocenters. The Balaban J connectivity index is 1.96. The molecule has 3 aromatic rings. The van der Waals surface area contributed by atoms with E-state index >= 15 is 0 Å². The van der Waals surface area contributed by atoms with Gasteiger partial charge in [-0.15, -0.1) is 0 Å². The molecule has 0 radical (unpaired) electrons. The van der Waals surface area contributed by atoms with E-state index < -0.39 is 0 Å². The molecule has 0 saturated carbocycles. The molecule has 0 aliphatic heterocycles. The largest absolute Gasteiger partial charge is 0.327 e. The third-order valence-corrected chi connectivity index (χ3v) is 4.37. The molecular weight excluding hydrogens is 390 g/mol. The van der Waals surface area contributed by atoms with Crippen molar-refractivity contribution in [3.05, 3.63) is 74.7 Å². The van der Waals surface area contributed by atoms with Crippen LogP contribution in [-0.4, -0.2) is 9.55 Å². The zero-order valence-corrected chi connectivity index (χ0v) is 14.3. The van der Waals surface area contributed by atoms with Crippen molar-refractivity contribution >= 4 is 39.1 Å². The number of halogens is 4. The third kappa shape index (κ3) is 3.35. The molecule has 22 heavy (non-hydrogen) atoms. The minimum absolute atomic E-state index is 0.277. The summed E-state index contributed by atoms with van der Waals surface area (Å²) in [5.74, 6) is 0.472. The summed E-state index contributed by atoms with van der Waals surface area (Å²) in [7, 11) is 0. The number of aromatic nitrogens is 2. The van der Waals surface area contributed by atoms with Gasteiger partial charge in [0.05, 0.1) is 10.0 Å². The second kappa shape index (κ2) is 6.41. The van der Waals surface area contributed by atoms with Crippen LogP contribution < -0.4 is 0 Å². The minimum atomic E-state index is -0.277. The van der Waals surface area contributed by atoms with E-state index in [-0.39, 0.29) is 5.82 Å². The van der Waals surface area contributed by atoms with E-state index in [4.69, 9.17) is 23.2 Å². The average molecular weight is 400 g/mol. The highest BCUT2D eigenvalue weighted by Gasteiger charge is 2.09. The van der Waals surface area contributed by atoms with Gasteiger partial charge >= 0.3 is 0 Å². The Morgan fingerprint density at radius 2 is 1.91 bits per heavy atom. The van der Waals surface area contributed by atoms with Crippen molar-refractivity contribution < 1.29 is 4.39 Å². The molecule has 1 heterocycles. The smallest absolute Gasteiger partial charge is 0.140 e. The van der Waals surface area contributed by atoms with Gasteiger partial charge < -0.3 is 4.57 Å². The normalized spacial score (nSPS) is 10.9. The van der Waals surface area contributed by atoms with E-state index in [0.717, 1.165) is 17.0 Å². The maximum atomic E-state index is 13.5. The molecule has 0 N–H and O–H groups in total. The Bertz CT molecular complexity index is 813. The predicted octanol–water partition coefficient (Wildman–Crippen LogP) is 5.81. The van der Waals surface area contributed by atoms with Crippen LogP contribution in [-0.2, 0) is 6.54 Å². The van der Waals surface area contributed by atoms with Gasteiger partial charge in [0.1, 0.15) is 11.6 Å². The van der Waals surface area contributed by atoms with Crippen molar-refractivity contribution in [2.75, 3.05) is 0 Å². The summed E-state index contributed by atoms with van der Waals surface area (Å²) in [6.45, 7) is 0.506. The number of nitrogens with zero attached hydrogens (tertiary/aromatic N) is 2. The molecule has 0 aliphatic rings. The van der Waals surface area contributed by atoms with Crippen LogP contribution in [0, 0.1) is 5.82 Å². The molecule has 0 unspecified atom stereocenters. The van der Waals surface area contributed by atoms with Crippen LogP contribution in [0.3, 0.4) is 0 Å². The Kier molecular flexibility index (Phi) is 4.52. The lowest BCUT2D eigenvalue weighted by Gasteiger charge is -2.09. The van der Waals surface area contributed by atoms with Crippen molar-refractivity contribution in [3.63, 3.8) is 0 Å². The predicted molar refractivity (Wildman–Crippen MR) is 90.9 cm³/mol. The highest BCUT2D eigenvalue weighted by atomic mass is 79.9. The van der Waals surface area contributed by atoms with Gasteiger partial charge in [0.25, 0.3) is 0 Å². The molecule has 112 valence electrons. The Hall–Kier alpha value is -1.36. The Labute approximate surface area is 145 Å². The average Bonchev–Trinajstić information content (AvgIpc) is 2.89. The van der Waals surface area contributed by atoms with Gasteiger partial charge in [0.15, 0.2) is 0 Å². The van der Waals surface area contributed by atoms with E-state index in [1.165, 1.54) is 12.1 Å². The van der Waals surface area contributed by atoms with Gasteiger partial charge in [-0.2, -0.15) is 0 Å². The zero-order chi connectivity index (χ0) is 15.7. The van der Waals surface area contributed by atoms with Gasteiger partial charge in [-0.3, -0.25) is 0 Å². The number of benzene rings is 2. The first kappa shape index (κ1) is 15.5. The van der Waals surface area contributed by atoms with Crippen LogP contribution in [0.15, 0.2) is 53.3 Å². The molecule has 2 aromatic carbocycles. The molecule has 0 saturated heterocycles. The van der Waals surface area contributed by atoms with E-state index in [2.05, 4.69) is 20.9 Å². The van der Waals surface area contributed by atoms with Gasteiger partial charge in [-0.05, 0) is 42.0 Å². The highest BCUT2D eigenvalue weighted by Crippen LogP contribution is 2.28. The summed E-state index contributed by atoms with van der Waals surface area (Å²) >= 11 is 15.3. The first-order valence-corrected chi connectivity index (χ1v) is 7.99. The zero-order valence-electron chi connectivity index (χ0n) is 11.2. The third-order valence-electron chi connectivity index (χ3n) is 3.17. The van der Waals surface area contributed by atoms with Gasteiger partial charge in [0, 0.05) is 29.0 Å². The molecule has 1 aromatic heterocycles. The first-order chi connectivity index (χ1) is 10.5. The minimum Gasteiger partial charge on any atom is -0.327 e. The van der Waals surface area contributed by atoms with Crippen molar-refractivity contribution in [2.24, 2.45) is 0 Å². The molecule has 3 rings (SSSR count). The van der Waals surface area contributed by atoms with E-state index in [1.807, 2.05) is 22.9 Å². The van der Waals surface area contributed by atoms with Crippen LogP contribution in [0.1, 0.15) is 5.56 Å². The van der Waals surface area contributed by atoms with Crippen molar-refractivity contribution in [3.8, 4) is 11.4 Å². The summed E-state index contributed by atoms with van der Waals surface area (Å²) in [5.41, 5.74) is 1.70. The van der Waals surface area contributed by atoms with Crippen LogP contribution in [0.2, 0.25) is 10.0 Å². The number of hydrogen-bond acceptors (Lipinski definition) is 1. The summed E-state index contributed by atoms with van der Waals surface area (Å²) in [6.07, 6.45) is 3.54. The van der Waals surface area contributed by atoms with Crippen LogP contribution in [0.5, 0.6) is 0 Å². The number of imidazole rings is 1. The maximum absolute atomic E-state index is 13.5. The van der Waals surface area contributed by atoms with E-state index in [1.54, 1.807) is 18.3 Å². The topological polar surface area (TPSA) is 17.8 Å². The molecule has 0 bridgehead atoms. The lowest BCUT2D eigenvalue weighted by atomic mass is 10.2. The lowest BCUT2D eigenvalue weighted by molar-refractivity contribution is 0.622. The summed E-state index contributed by atoms with van der Waals surface area (Å²) < 4.78 is 16.1. The number of rotatable bonds is 3. The maximum Gasteiger partial charge on any atom is 0.140 e. The van der Waals surface area contributed by atoms with E-state index in [0.29, 0.717) is 21.1 Å². The van der Waals surface area contributed by atoms with Crippen LogP contribution in [0.4, 0.5) is 4.39 Å². The fraction of sp³-hybridized carbons (Fsp3) is 0.0625. The summed E-state index contributed by atoms with van der Waals surface area (Å²) in [4.78, 5) is 4.35. The Morgan fingerprint density at radius 1 is 1.09 bits per heavy atom. The van der Waals surface area contributed by atoms with Crippen molar-refractivity contribution in [1.82, 2.24) is 9.55 Å². The second-order valence-corrected chi connectivity index (χ2v) is 6.52. The van der Waals surface area contributed by atoms with Crippen LogP contribution in [0.25, 0.3) is 11.4 Å². The quantitative estimate of drug-likeness (QED) is 0.543. The Morgan fingerprint density at radius 3 is 2.64 bits per heavy atom. The van der Waals surface area contributed by atoms with Gasteiger partial charge in [0.2, 0.25) is 0 Å². The SMILES string of the molecule is Fc1cc(Br)cc(Cn2ccnc2-c2ccc(Cl)c(Cl)c2)c1. The highest BCUT2D eigenvalue weighted by molar-refractivity contribution is 9.10. The van der Waals surface area contributed by atoms with Gasteiger partial charge in [-0.25, -0.2) is 9.37 Å². The monoisotopic (exact) mass is 398 g/mol. The van der Waals surface area contributed by atoms with Crippen LogP contribution >= 0.6 is 39.1 Å². The molecule has 0 fully saturated rings. The lowest BCUT2D eigenvalue weighted by Crippen LogP contribution is -2.01. The summed E-state index contributed by atoms with van der Waals surface area (Å²) in [6, 6.07) is 10.2. The van der Waals surface area contributed by atoms with Gasteiger partial charge in [-0.1, -0.05) is 39.1 Å². The summed E-state index contributed by atoms with van der Waals surface area (Å²) in [5, 5.41) is 0.972. The molecule has 0 amide bonds. The van der Waals surface area contributed by atoms with E-state index in [9.17, 15) is 4.39 Å². The molecule has 2 nitrogen and oxygen atoms in total. The molecular formula is C16H10BrCl2FN2. The fourth-order valence-corrected chi connectivity index (χ4v) is 3.04. The first-order valence-electron chi connectivity index (χ1n) is 6.44. The standard InChI is InChI=1S/C16H10BrCl2FN2/c17-12-5-10(6-13(20)8-12)9-22-4-3-21-16(22)11-1-2-14(18)15(19)7-11/h1-8H,9H2.